The van der Waals surface area contributed by atoms with E-state index in [1.54, 1.807) is 6.20 Å². The monoisotopic (exact) mass is 402 g/mol. The van der Waals surface area contributed by atoms with Gasteiger partial charge >= 0.3 is 12.1 Å². The zero-order valence-corrected chi connectivity index (χ0v) is 16.3. The number of hydrogen-bond acceptors (Lipinski definition) is 3. The quantitative estimate of drug-likeness (QED) is 0.689. The first-order valence-electron chi connectivity index (χ1n) is 10.1. The predicted molar refractivity (Wildman–Crippen MR) is 111 cm³/mol. The second-order valence-electron chi connectivity index (χ2n) is 7.89. The molecule has 2 atom stereocenters. The van der Waals surface area contributed by atoms with Crippen LogP contribution in [0.4, 0.5) is 4.79 Å². The number of amides is 1. The maximum absolute atomic E-state index is 12.8. The molecule has 1 aliphatic heterocycles. The smallest absolute Gasteiger partial charge is 0.409 e. The summed E-state index contributed by atoms with van der Waals surface area (Å²) in [5, 5.41) is 9.61. The van der Waals surface area contributed by atoms with Gasteiger partial charge in [-0.15, -0.1) is 0 Å². The Bertz CT molecular complexity index is 1050. The molecule has 1 saturated heterocycles. The third-order valence-electron chi connectivity index (χ3n) is 6.25. The van der Waals surface area contributed by atoms with Crippen LogP contribution in [0.15, 0.2) is 66.9 Å². The molecule has 2 unspecified atom stereocenters. The Morgan fingerprint density at radius 3 is 2.23 bits per heavy atom. The number of nitrogens with zero attached hydrogens (tertiary/aromatic N) is 1. The van der Waals surface area contributed by atoms with Crippen molar-refractivity contribution < 1.29 is 19.4 Å². The first kappa shape index (κ1) is 18.5. The fourth-order valence-corrected chi connectivity index (χ4v) is 4.78. The molecule has 2 aliphatic rings. The fourth-order valence-electron chi connectivity index (χ4n) is 4.78. The van der Waals surface area contributed by atoms with Gasteiger partial charge in [-0.1, -0.05) is 48.5 Å². The molecule has 152 valence electrons. The number of carbonyl (C=O) groups excluding carboxylic acids is 1. The van der Waals surface area contributed by atoms with E-state index in [2.05, 4.69) is 29.2 Å². The van der Waals surface area contributed by atoms with Crippen molar-refractivity contribution >= 4 is 12.1 Å². The van der Waals surface area contributed by atoms with Crippen molar-refractivity contribution in [1.29, 1.82) is 0 Å². The molecular formula is C24H22N2O4. The molecule has 6 heteroatoms. The molecule has 1 aromatic heterocycles. The molecule has 6 nitrogen and oxygen atoms in total. The number of carboxylic acid groups (broad SMARTS) is 1. The molecule has 0 radical (unpaired) electrons. The summed E-state index contributed by atoms with van der Waals surface area (Å²) < 4.78 is 5.70. The molecule has 30 heavy (non-hydrogen) atoms. The second-order valence-corrected chi connectivity index (χ2v) is 7.89. The number of fused-ring (bicyclic) bond motifs is 3. The Morgan fingerprint density at radius 1 is 0.967 bits per heavy atom. The van der Waals surface area contributed by atoms with Crippen molar-refractivity contribution in [1.82, 2.24) is 9.88 Å². The SMILES string of the molecule is O=C(O)C1CN(C(=O)OCC2c3ccccc3-c3ccccc32)CC1c1ccc[nH]1. The Kier molecular flexibility index (Phi) is 4.54. The van der Waals surface area contributed by atoms with Gasteiger partial charge in [-0.3, -0.25) is 4.79 Å². The van der Waals surface area contributed by atoms with Crippen molar-refractivity contribution in [2.45, 2.75) is 11.8 Å². The lowest BCUT2D eigenvalue weighted by atomic mass is 9.93. The number of carboxylic acids is 1. The van der Waals surface area contributed by atoms with Gasteiger partial charge in [0.05, 0.1) is 5.92 Å². The highest BCUT2D eigenvalue weighted by atomic mass is 16.6. The zero-order valence-electron chi connectivity index (χ0n) is 16.3. The van der Waals surface area contributed by atoms with Crippen LogP contribution >= 0.6 is 0 Å². The molecule has 1 amide bonds. The minimum Gasteiger partial charge on any atom is -0.481 e. The third kappa shape index (κ3) is 3.05. The van der Waals surface area contributed by atoms with Crippen molar-refractivity contribution in [3.63, 3.8) is 0 Å². The number of ether oxygens (including phenoxy) is 1. The summed E-state index contributed by atoms with van der Waals surface area (Å²) in [7, 11) is 0. The van der Waals surface area contributed by atoms with E-state index in [-0.39, 0.29) is 25.0 Å². The van der Waals surface area contributed by atoms with E-state index in [9.17, 15) is 14.7 Å². The van der Waals surface area contributed by atoms with E-state index in [0.717, 1.165) is 16.8 Å². The number of H-pyrrole nitrogens is 1. The van der Waals surface area contributed by atoms with E-state index in [0.29, 0.717) is 6.54 Å². The largest absolute Gasteiger partial charge is 0.481 e. The van der Waals surface area contributed by atoms with Crippen molar-refractivity contribution in [2.24, 2.45) is 5.92 Å². The third-order valence-corrected chi connectivity index (χ3v) is 6.25. The minimum absolute atomic E-state index is 0.0153. The lowest BCUT2D eigenvalue weighted by Crippen LogP contribution is -2.31. The average molecular weight is 402 g/mol. The van der Waals surface area contributed by atoms with Gasteiger partial charge in [0.15, 0.2) is 0 Å². The van der Waals surface area contributed by atoms with Crippen LogP contribution in [0.5, 0.6) is 0 Å². The number of nitrogens with one attached hydrogen (secondary N) is 1. The number of carbonyl (C=O) groups is 2. The molecular weight excluding hydrogens is 380 g/mol. The summed E-state index contributed by atoms with van der Waals surface area (Å²) in [6.07, 6.45) is 1.31. The summed E-state index contributed by atoms with van der Waals surface area (Å²) in [5.74, 6) is -1.83. The standard InChI is InChI=1S/C24H22N2O4/c27-23(28)20-13-26(12-19(20)22-10-5-11-25-22)24(29)30-14-21-17-8-3-1-6-15(17)16-7-2-4-9-18(16)21/h1-11,19-21,25H,12-14H2,(H,27,28). The van der Waals surface area contributed by atoms with E-state index in [1.807, 2.05) is 36.4 Å². The lowest BCUT2D eigenvalue weighted by Gasteiger charge is -2.19. The molecule has 0 saturated carbocycles. The van der Waals surface area contributed by atoms with Crippen LogP contribution in [0.25, 0.3) is 11.1 Å². The molecule has 2 heterocycles. The molecule has 0 spiro atoms. The van der Waals surface area contributed by atoms with E-state index >= 15 is 0 Å². The van der Waals surface area contributed by atoms with Crippen LogP contribution in [0.1, 0.15) is 28.7 Å². The maximum atomic E-state index is 12.8. The molecule has 3 aromatic rings. The second kappa shape index (κ2) is 7.37. The number of aromatic amines is 1. The summed E-state index contributed by atoms with van der Waals surface area (Å²) in [6.45, 7) is 0.706. The first-order chi connectivity index (χ1) is 14.6. The van der Waals surface area contributed by atoms with Crippen molar-refractivity contribution in [3.8, 4) is 11.1 Å². The lowest BCUT2D eigenvalue weighted by molar-refractivity contribution is -0.141. The number of likely N-dealkylation sites (tertiary alicyclic amines) is 1. The number of aliphatic carboxylic acids is 1. The van der Waals surface area contributed by atoms with Crippen LogP contribution in [-0.2, 0) is 9.53 Å². The van der Waals surface area contributed by atoms with Crippen molar-refractivity contribution in [2.75, 3.05) is 19.7 Å². The van der Waals surface area contributed by atoms with Crippen molar-refractivity contribution in [3.05, 3.63) is 83.7 Å². The van der Waals surface area contributed by atoms with Gasteiger partial charge in [-0.25, -0.2) is 4.79 Å². The summed E-state index contributed by atoms with van der Waals surface area (Å²) in [4.78, 5) is 29.1. The van der Waals surface area contributed by atoms with Gasteiger partial charge in [0.2, 0.25) is 0 Å². The predicted octanol–water partition coefficient (Wildman–Crippen LogP) is 4.06. The first-order valence-corrected chi connectivity index (χ1v) is 10.1. The van der Waals surface area contributed by atoms with Gasteiger partial charge in [-0.05, 0) is 34.4 Å². The minimum atomic E-state index is -0.899. The Labute approximate surface area is 174 Å². The topological polar surface area (TPSA) is 82.6 Å². The zero-order chi connectivity index (χ0) is 20.7. The van der Waals surface area contributed by atoms with Crippen LogP contribution in [0.3, 0.4) is 0 Å². The van der Waals surface area contributed by atoms with Gasteiger partial charge in [0.25, 0.3) is 0 Å². The number of hydrogen-bond donors (Lipinski definition) is 2. The number of aromatic nitrogens is 1. The average Bonchev–Trinajstić information content (AvgIpc) is 3.49. The Hall–Kier alpha value is -3.54. The van der Waals surface area contributed by atoms with Crippen LogP contribution < -0.4 is 0 Å². The molecule has 0 bridgehead atoms. The highest BCUT2D eigenvalue weighted by Crippen LogP contribution is 2.44. The van der Waals surface area contributed by atoms with Gasteiger partial charge in [0.1, 0.15) is 6.61 Å². The Morgan fingerprint density at radius 2 is 1.63 bits per heavy atom. The molecule has 1 aliphatic carbocycles. The van der Waals surface area contributed by atoms with Crippen LogP contribution in [-0.4, -0.2) is 46.7 Å². The van der Waals surface area contributed by atoms with E-state index in [4.69, 9.17) is 4.74 Å². The highest BCUT2D eigenvalue weighted by Gasteiger charge is 2.42. The number of benzene rings is 2. The molecule has 1 fully saturated rings. The number of rotatable bonds is 4. The normalized spacial score (nSPS) is 20.1. The Balaban J connectivity index is 1.32. The van der Waals surface area contributed by atoms with E-state index < -0.39 is 18.0 Å². The van der Waals surface area contributed by atoms with Gasteiger partial charge in [-0.2, -0.15) is 0 Å². The summed E-state index contributed by atoms with van der Waals surface area (Å²) >= 11 is 0. The molecule has 2 N–H and O–H groups in total. The molecule has 5 rings (SSSR count). The summed E-state index contributed by atoms with van der Waals surface area (Å²) in [6, 6.07) is 20.1. The summed E-state index contributed by atoms with van der Waals surface area (Å²) in [5.41, 5.74) is 5.48. The van der Waals surface area contributed by atoms with Gasteiger partial charge < -0.3 is 19.7 Å². The van der Waals surface area contributed by atoms with Crippen LogP contribution in [0.2, 0.25) is 0 Å². The van der Waals surface area contributed by atoms with Gasteiger partial charge in [0, 0.05) is 36.8 Å². The fraction of sp³-hybridized carbons (Fsp3) is 0.250. The van der Waals surface area contributed by atoms with Crippen LogP contribution in [0, 0.1) is 5.92 Å². The molecule has 2 aromatic carbocycles. The highest BCUT2D eigenvalue weighted by molar-refractivity contribution is 5.79. The van der Waals surface area contributed by atoms with E-state index in [1.165, 1.54) is 16.0 Å². The maximum Gasteiger partial charge on any atom is 0.409 e.